The Balaban J connectivity index is 1.80. The van der Waals surface area contributed by atoms with E-state index in [0.717, 1.165) is 29.6 Å². The van der Waals surface area contributed by atoms with Crippen LogP contribution in [0.2, 0.25) is 0 Å². The maximum atomic E-state index is 12.1. The van der Waals surface area contributed by atoms with E-state index >= 15 is 0 Å². The summed E-state index contributed by atoms with van der Waals surface area (Å²) in [6.45, 7) is 1.78. The Hall–Kier alpha value is -1.07. The van der Waals surface area contributed by atoms with Gasteiger partial charge in [0.15, 0.2) is 0 Å². The van der Waals surface area contributed by atoms with Gasteiger partial charge < -0.3 is 15.4 Å². The lowest BCUT2D eigenvalue weighted by Gasteiger charge is -2.23. The number of rotatable bonds is 5. The molecule has 1 unspecified atom stereocenters. The summed E-state index contributed by atoms with van der Waals surface area (Å²) in [5.41, 5.74) is 5.67. The number of likely N-dealkylation sites (tertiary alicyclic amines) is 1. The first kappa shape index (κ1) is 14.3. The molecule has 0 spiro atoms. The summed E-state index contributed by atoms with van der Waals surface area (Å²) in [7, 11) is 0. The molecule has 0 aromatic heterocycles. The molecule has 1 fully saturated rings. The van der Waals surface area contributed by atoms with Crippen LogP contribution in [0.1, 0.15) is 19.3 Å². The van der Waals surface area contributed by atoms with Gasteiger partial charge in [-0.05, 0) is 40.9 Å². The van der Waals surface area contributed by atoms with Crippen LogP contribution in [0.4, 0.5) is 0 Å². The van der Waals surface area contributed by atoms with Gasteiger partial charge in [-0.1, -0.05) is 12.1 Å². The first-order valence-electron chi connectivity index (χ1n) is 6.59. The number of halogens is 1. The van der Waals surface area contributed by atoms with E-state index in [0.29, 0.717) is 19.6 Å². The lowest BCUT2D eigenvalue weighted by molar-refractivity contribution is -0.132. The number of para-hydroxylation sites is 1. The Kier molecular flexibility index (Phi) is 5.22. The summed E-state index contributed by atoms with van der Waals surface area (Å²) >= 11 is 3.41. The highest BCUT2D eigenvalue weighted by molar-refractivity contribution is 9.10. The number of ether oxygens (including phenoxy) is 1. The minimum absolute atomic E-state index is 0.139. The molecular formula is C14H19BrN2O2. The van der Waals surface area contributed by atoms with E-state index in [4.69, 9.17) is 10.5 Å². The fourth-order valence-electron chi connectivity index (χ4n) is 2.36. The number of carbonyl (C=O) groups excluding carboxylic acids is 1. The molecule has 4 nitrogen and oxygen atoms in total. The molecule has 0 radical (unpaired) electrons. The molecule has 1 aliphatic heterocycles. The molecule has 1 amide bonds. The van der Waals surface area contributed by atoms with Crippen LogP contribution in [0.3, 0.4) is 0 Å². The average molecular weight is 327 g/mol. The van der Waals surface area contributed by atoms with Crippen LogP contribution in [-0.4, -0.2) is 36.5 Å². The Morgan fingerprint density at radius 3 is 3.00 bits per heavy atom. The molecule has 1 heterocycles. The Morgan fingerprint density at radius 1 is 1.47 bits per heavy atom. The van der Waals surface area contributed by atoms with Crippen molar-refractivity contribution in [3.63, 3.8) is 0 Å². The van der Waals surface area contributed by atoms with E-state index in [9.17, 15) is 4.79 Å². The maximum absolute atomic E-state index is 12.1. The molecule has 104 valence electrons. The monoisotopic (exact) mass is 326 g/mol. The summed E-state index contributed by atoms with van der Waals surface area (Å²) in [6, 6.07) is 7.86. The molecule has 1 aromatic rings. The van der Waals surface area contributed by atoms with Gasteiger partial charge in [0, 0.05) is 19.1 Å². The van der Waals surface area contributed by atoms with Gasteiger partial charge in [-0.25, -0.2) is 0 Å². The third kappa shape index (κ3) is 3.70. The van der Waals surface area contributed by atoms with Crippen molar-refractivity contribution in [3.8, 4) is 5.75 Å². The number of carbonyl (C=O) groups is 1. The number of hydrogen-bond acceptors (Lipinski definition) is 3. The summed E-state index contributed by atoms with van der Waals surface area (Å²) in [5, 5.41) is 0. The lowest BCUT2D eigenvalue weighted by Crippen LogP contribution is -2.40. The first-order valence-corrected chi connectivity index (χ1v) is 7.38. The molecule has 1 atom stereocenters. The summed E-state index contributed by atoms with van der Waals surface area (Å²) in [6.07, 6.45) is 2.48. The fraction of sp³-hybridized carbons (Fsp3) is 0.500. The van der Waals surface area contributed by atoms with Gasteiger partial charge in [0.1, 0.15) is 5.75 Å². The SMILES string of the molecule is NCC1CCCN1C(=O)CCOc1ccccc1Br. The topological polar surface area (TPSA) is 55.6 Å². The summed E-state index contributed by atoms with van der Waals surface area (Å²) < 4.78 is 6.52. The first-order chi connectivity index (χ1) is 9.22. The molecule has 1 aromatic carbocycles. The fourth-order valence-corrected chi connectivity index (χ4v) is 2.76. The van der Waals surface area contributed by atoms with Crippen molar-refractivity contribution in [1.82, 2.24) is 4.90 Å². The van der Waals surface area contributed by atoms with Crippen molar-refractivity contribution in [2.75, 3.05) is 19.7 Å². The van der Waals surface area contributed by atoms with Gasteiger partial charge >= 0.3 is 0 Å². The van der Waals surface area contributed by atoms with Crippen molar-refractivity contribution < 1.29 is 9.53 Å². The van der Waals surface area contributed by atoms with E-state index in [-0.39, 0.29) is 11.9 Å². The second-order valence-electron chi connectivity index (χ2n) is 4.65. The minimum atomic E-state index is 0.139. The Bertz CT molecular complexity index is 439. The lowest BCUT2D eigenvalue weighted by atomic mass is 10.2. The Labute approximate surface area is 122 Å². The standard InChI is InChI=1S/C14H19BrN2O2/c15-12-5-1-2-6-13(12)19-9-7-14(18)17-8-3-4-11(17)10-16/h1-2,5-6,11H,3-4,7-10,16H2. The van der Waals surface area contributed by atoms with E-state index in [1.54, 1.807) is 0 Å². The van der Waals surface area contributed by atoms with E-state index < -0.39 is 0 Å². The van der Waals surface area contributed by atoms with Crippen molar-refractivity contribution in [2.45, 2.75) is 25.3 Å². The van der Waals surface area contributed by atoms with Crippen molar-refractivity contribution in [1.29, 1.82) is 0 Å². The molecule has 1 saturated heterocycles. The normalized spacial score (nSPS) is 18.6. The van der Waals surface area contributed by atoms with Gasteiger partial charge in [0.25, 0.3) is 0 Å². The van der Waals surface area contributed by atoms with E-state index in [1.165, 1.54) is 0 Å². The highest BCUT2D eigenvalue weighted by Gasteiger charge is 2.26. The van der Waals surface area contributed by atoms with Crippen molar-refractivity contribution >= 4 is 21.8 Å². The molecule has 19 heavy (non-hydrogen) atoms. The second-order valence-corrected chi connectivity index (χ2v) is 5.50. The van der Waals surface area contributed by atoms with Crippen molar-refractivity contribution in [2.24, 2.45) is 5.73 Å². The van der Waals surface area contributed by atoms with Crippen LogP contribution in [0.25, 0.3) is 0 Å². The zero-order chi connectivity index (χ0) is 13.7. The van der Waals surface area contributed by atoms with Crippen LogP contribution in [0.15, 0.2) is 28.7 Å². The number of hydrogen-bond donors (Lipinski definition) is 1. The third-order valence-corrected chi connectivity index (χ3v) is 4.03. The molecule has 2 N–H and O–H groups in total. The number of amides is 1. The van der Waals surface area contributed by atoms with Gasteiger partial charge in [-0.2, -0.15) is 0 Å². The average Bonchev–Trinajstić information content (AvgIpc) is 2.89. The zero-order valence-corrected chi connectivity index (χ0v) is 12.4. The number of nitrogens with zero attached hydrogens (tertiary/aromatic N) is 1. The largest absolute Gasteiger partial charge is 0.492 e. The molecule has 2 rings (SSSR count). The number of nitrogens with two attached hydrogens (primary N) is 1. The molecule has 1 aliphatic rings. The van der Waals surface area contributed by atoms with Crippen LogP contribution in [-0.2, 0) is 4.79 Å². The minimum Gasteiger partial charge on any atom is -0.492 e. The van der Waals surface area contributed by atoms with E-state index in [2.05, 4.69) is 15.9 Å². The highest BCUT2D eigenvalue weighted by atomic mass is 79.9. The molecule has 0 aliphatic carbocycles. The van der Waals surface area contributed by atoms with Crippen molar-refractivity contribution in [3.05, 3.63) is 28.7 Å². The smallest absolute Gasteiger partial charge is 0.226 e. The third-order valence-electron chi connectivity index (χ3n) is 3.38. The van der Waals surface area contributed by atoms with E-state index in [1.807, 2.05) is 29.2 Å². The summed E-state index contributed by atoms with van der Waals surface area (Å²) in [4.78, 5) is 14.0. The van der Waals surface area contributed by atoms with Crippen LogP contribution in [0, 0.1) is 0 Å². The predicted octanol–water partition coefficient (Wildman–Crippen LogP) is 2.17. The van der Waals surface area contributed by atoms with Gasteiger partial charge in [-0.3, -0.25) is 4.79 Å². The molecule has 0 bridgehead atoms. The predicted molar refractivity (Wildman–Crippen MR) is 78.0 cm³/mol. The zero-order valence-electron chi connectivity index (χ0n) is 10.8. The highest BCUT2D eigenvalue weighted by Crippen LogP contribution is 2.24. The van der Waals surface area contributed by atoms with Gasteiger partial charge in [0.2, 0.25) is 5.91 Å². The van der Waals surface area contributed by atoms with Crippen LogP contribution >= 0.6 is 15.9 Å². The summed E-state index contributed by atoms with van der Waals surface area (Å²) in [5.74, 6) is 0.909. The second kappa shape index (κ2) is 6.91. The molecule has 5 heteroatoms. The van der Waals surface area contributed by atoms with Crippen LogP contribution in [0.5, 0.6) is 5.75 Å². The Morgan fingerprint density at radius 2 is 2.26 bits per heavy atom. The maximum Gasteiger partial charge on any atom is 0.226 e. The molecule has 0 saturated carbocycles. The molecular weight excluding hydrogens is 308 g/mol. The quantitative estimate of drug-likeness (QED) is 0.902. The van der Waals surface area contributed by atoms with Gasteiger partial charge in [-0.15, -0.1) is 0 Å². The number of benzene rings is 1. The van der Waals surface area contributed by atoms with Gasteiger partial charge in [0.05, 0.1) is 17.5 Å². The van der Waals surface area contributed by atoms with Crippen LogP contribution < -0.4 is 10.5 Å².